The molecule has 0 aromatic rings. The van der Waals surface area contributed by atoms with E-state index in [1.807, 2.05) is 0 Å². The van der Waals surface area contributed by atoms with Crippen LogP contribution in [0.2, 0.25) is 0 Å². The summed E-state index contributed by atoms with van der Waals surface area (Å²) in [6.45, 7) is -7.99. The summed E-state index contributed by atoms with van der Waals surface area (Å²) >= 11 is 33.9. The fraction of sp³-hybridized carbons (Fsp3) is 0.562. The van der Waals surface area contributed by atoms with Crippen molar-refractivity contribution in [3.8, 4) is 0 Å². The van der Waals surface area contributed by atoms with E-state index in [1.54, 1.807) is 0 Å². The largest absolute Gasteiger partial charge is 0.480 e. The number of esters is 2. The molecule has 0 aliphatic carbocycles. The van der Waals surface area contributed by atoms with Gasteiger partial charge in [-0.2, -0.15) is 13.5 Å². The van der Waals surface area contributed by atoms with Gasteiger partial charge in [-0.25, -0.2) is 33.6 Å². The van der Waals surface area contributed by atoms with E-state index in [4.69, 9.17) is 125 Å². The number of aliphatic carboxylic acids is 5. The van der Waals surface area contributed by atoms with Crippen LogP contribution in [-0.2, 0) is 234 Å². The predicted molar refractivity (Wildman–Crippen MR) is 196 cm³/mol. The number of carbonyl (C=O) groups is 7. The molecule has 2 heterocycles. The Hall–Kier alpha value is 4.65. The first kappa shape index (κ1) is 76.1. The Morgan fingerprint density at radius 3 is 0.750 bits per heavy atom. The number of aliphatic hydroxyl groups is 1. The van der Waals surface area contributed by atoms with Crippen LogP contribution in [0.1, 0.15) is 0 Å². The van der Waals surface area contributed by atoms with Gasteiger partial charge in [0.1, 0.15) is 6.61 Å². The number of carboxylic acid groups (broad SMARTS) is 5. The van der Waals surface area contributed by atoms with Crippen LogP contribution in [0.25, 0.3) is 0 Å². The molecule has 0 saturated carbocycles. The van der Waals surface area contributed by atoms with Gasteiger partial charge in [-0.15, -0.1) is 13.5 Å². The average Bonchev–Trinajstić information content (AvgIpc) is 3.04. The molecule has 0 saturated heterocycles. The Balaban J connectivity index is -0.000000263. The fourth-order valence-electron chi connectivity index (χ4n) is 2.30. The molecule has 1 atom stereocenters. The van der Waals surface area contributed by atoms with Crippen molar-refractivity contribution in [2.45, 2.75) is 0 Å². The maximum absolute atomic E-state index is 11.7. The normalized spacial score (nSPS) is 18.6. The summed E-state index contributed by atoms with van der Waals surface area (Å²) in [6, 6.07) is 0. The molecule has 0 bridgehead atoms. The van der Waals surface area contributed by atoms with Crippen LogP contribution in [0.4, 0.5) is 0 Å². The van der Waals surface area contributed by atoms with Crippen molar-refractivity contribution in [2.75, 3.05) is 60.5 Å². The molecule has 0 aromatic heterocycles. The summed E-state index contributed by atoms with van der Waals surface area (Å²) < 4.78 is 61.2. The number of carbonyl (C=O) groups excluding carboxylic acids is 2. The number of aliphatic hydroxyl groups excluding tert-OH is 1. The van der Waals surface area contributed by atoms with Crippen LogP contribution >= 0.6 is 108 Å². The maximum atomic E-state index is 11.7. The van der Waals surface area contributed by atoms with Gasteiger partial charge in [0.2, 0.25) is 0 Å². The fourth-order valence-corrected chi connectivity index (χ4v) is 30.3. The Morgan fingerprint density at radius 1 is 0.400 bits per heavy atom. The van der Waals surface area contributed by atoms with Gasteiger partial charge in [-0.3, -0.25) is 27.1 Å². The second-order valence-corrected chi connectivity index (χ2v) is 29.9. The van der Waals surface area contributed by atoms with Gasteiger partial charge in [0, 0.05) is 164 Å². The van der Waals surface area contributed by atoms with Gasteiger partial charge in [0.05, 0.1) is 14.2 Å². The topological polar surface area (TPSA) is 389 Å². The minimum Gasteiger partial charge on any atom is -0.480 e. The van der Waals surface area contributed by atoms with Crippen molar-refractivity contribution in [1.82, 2.24) is 0 Å². The number of ether oxygens (including phenoxy) is 2. The minimum absolute atomic E-state index is 0. The van der Waals surface area contributed by atoms with E-state index in [1.165, 1.54) is 7.11 Å². The zero-order valence-corrected chi connectivity index (χ0v) is 53.9. The molecule has 6 N–H and O–H groups in total. The Bertz CT molecular complexity index is 1690. The number of hydrogen-bond acceptors (Lipinski definition) is 22. The molecule has 2 rings (SSSR count). The van der Waals surface area contributed by atoms with Gasteiger partial charge in [0.25, 0.3) is 17.7 Å². The number of methoxy groups -OCH3 is 2. The molecule has 1 unspecified atom stereocenters. The van der Waals surface area contributed by atoms with Crippen molar-refractivity contribution in [1.29, 1.82) is 0 Å². The molecule has 60 heavy (non-hydrogen) atoms. The van der Waals surface area contributed by atoms with E-state index in [9.17, 15) is 33.6 Å². The van der Waals surface area contributed by atoms with Crippen molar-refractivity contribution in [3.05, 3.63) is 0 Å². The quantitative estimate of drug-likeness (QED) is 0.0563. The van der Waals surface area contributed by atoms with E-state index in [0.29, 0.717) is 0 Å². The first-order valence-corrected chi connectivity index (χ1v) is 27.9. The summed E-state index contributed by atoms with van der Waals surface area (Å²) in [5, 5.41) is 53.1. The molecular weight excluding hydrogens is 1460 g/mol. The third-order valence-corrected chi connectivity index (χ3v) is 24.7. The average molecular weight is 1480 g/mol. The van der Waals surface area contributed by atoms with Crippen LogP contribution in [-0.4, -0.2) is 133 Å². The van der Waals surface area contributed by atoms with Crippen LogP contribution in [0.5, 0.6) is 0 Å². The summed E-state index contributed by atoms with van der Waals surface area (Å²) in [7, 11) is -12.0. The summed E-state index contributed by atoms with van der Waals surface area (Å²) in [5.74, 6) is -18.8. The molecule has 5 radical (unpaired) electrons. The van der Waals surface area contributed by atoms with E-state index in [-0.39, 0.29) is 164 Å². The number of nitrogens with zero attached hydrogens (tertiary/aromatic N) is 6. The SMILES string of the molecule is COC(=O)CO.COC(=O)COP1(OCC(=O)O)=NP(OCC(=O)O)(OCC(=O)O)=NP(OCC(=O)O)(OCC(=O)O)=N1.ClP1(Cl)=NP(Cl)(Cl)=NP(Cl)(Cl)=N1.[Y].[Y].[Y].[Y].[Y]. The van der Waals surface area contributed by atoms with E-state index in [2.05, 4.69) is 36.6 Å². The van der Waals surface area contributed by atoms with Crippen LogP contribution in [0.15, 0.2) is 27.1 Å². The number of halogens is 6. The molecule has 2 aliphatic heterocycles. The van der Waals surface area contributed by atoms with Crippen molar-refractivity contribution >= 4 is 150 Å². The van der Waals surface area contributed by atoms with E-state index >= 15 is 0 Å². The molecule has 2 aliphatic rings. The van der Waals surface area contributed by atoms with E-state index in [0.717, 1.165) is 7.11 Å². The first-order chi connectivity index (χ1) is 25.1. The number of carboxylic acids is 5. The van der Waals surface area contributed by atoms with Gasteiger partial charge in [-0.1, -0.05) is 0 Å². The van der Waals surface area contributed by atoms with E-state index < -0.39 is 129 Å². The molecule has 333 valence electrons. The Morgan fingerprint density at radius 2 is 0.600 bits per heavy atom. The smallest absolute Gasteiger partial charge is 0.350 e. The van der Waals surface area contributed by atoms with Gasteiger partial charge >= 0.3 is 64.8 Å². The minimum atomic E-state index is -4.73. The van der Waals surface area contributed by atoms with Gasteiger partial charge in [-0.05, 0) is 67.4 Å². The number of rotatable bonds is 19. The standard InChI is InChI=1S/C13H20N3O18P3.C3H6O3.Cl6N3P3.5Y/c1-28-13(27)7-34-37(33-6-12(25)26)15-35(29-2-8(17)18,30-3-9(19)20)14-36(16-37,31-4-10(21)22)32-5-11(23)24;1-6-3(5)2-4;1-10(2)7-11(3,4)9-12(5,6)8-10;;;;;/h2-7H2,1H3,(H,17,18)(H,19,20)(H,21,22)(H,23,24)(H,25,26);4H,2H2,1H3;;;;;;. The predicted octanol–water partition coefficient (Wildman–Crippen LogP) is 6.94. The van der Waals surface area contributed by atoms with Crippen molar-refractivity contribution < 1.29 is 264 Å². The first-order valence-electron chi connectivity index (χ1n) is 12.8. The van der Waals surface area contributed by atoms with Crippen LogP contribution in [0.3, 0.4) is 0 Å². The molecule has 0 fully saturated rings. The maximum Gasteiger partial charge on any atom is 0.350 e. The monoisotopic (exact) mass is 1480 g/mol. The van der Waals surface area contributed by atoms with Gasteiger partial charge < -0.3 is 40.1 Å². The summed E-state index contributed by atoms with van der Waals surface area (Å²) in [6.07, 6.45) is 0. The van der Waals surface area contributed by atoms with Crippen LogP contribution < -0.4 is 0 Å². The molecule has 44 heteroatoms. The zero-order valence-electron chi connectivity index (χ0n) is 29.8. The van der Waals surface area contributed by atoms with Crippen LogP contribution in [0, 0.1) is 0 Å². The second kappa shape index (κ2) is 36.6. The summed E-state index contributed by atoms with van der Waals surface area (Å²) in [4.78, 5) is 77.2. The molecule has 0 spiro atoms. The third-order valence-electron chi connectivity index (χ3n) is 4.04. The molecule has 0 aromatic carbocycles. The molecular formula is C16H26Cl6N6O21P6Y5. The Labute approximate surface area is 493 Å². The zero-order chi connectivity index (χ0) is 42.9. The van der Waals surface area contributed by atoms with Gasteiger partial charge in [0.15, 0.2) is 39.6 Å². The molecule has 0 amide bonds. The number of hydrogen-bond donors (Lipinski definition) is 6. The Kier molecular flexibility index (Phi) is 46.4. The van der Waals surface area contributed by atoms with Crippen molar-refractivity contribution in [3.63, 3.8) is 0 Å². The second-order valence-electron chi connectivity index (χ2n) is 8.30. The summed E-state index contributed by atoms with van der Waals surface area (Å²) in [5.41, 5.74) is 0. The molecule has 27 nitrogen and oxygen atoms in total. The third kappa shape index (κ3) is 34.9. The van der Waals surface area contributed by atoms with Crippen molar-refractivity contribution in [2.24, 2.45) is 27.1 Å².